The van der Waals surface area contributed by atoms with Crippen molar-refractivity contribution in [1.29, 1.82) is 0 Å². The number of carbonyl (C=O) groups is 2. The summed E-state index contributed by atoms with van der Waals surface area (Å²) >= 11 is 5.98. The average molecular weight is 933 g/mol. The molecule has 344 valence electrons. The fourth-order valence-corrected chi connectivity index (χ4v) is 7.63. The highest BCUT2D eigenvalue weighted by Crippen LogP contribution is 2.36. The molecule has 8 rings (SSSR count). The first kappa shape index (κ1) is 47.2. The molecule has 18 heteroatoms. The van der Waals surface area contributed by atoms with Crippen molar-refractivity contribution in [3.05, 3.63) is 167 Å². The summed E-state index contributed by atoms with van der Waals surface area (Å²) in [6.07, 6.45) is 3.54. The van der Waals surface area contributed by atoms with Crippen molar-refractivity contribution in [1.82, 2.24) is 25.2 Å². The molecule has 0 saturated heterocycles. The number of benzene rings is 3. The molecule has 2 atom stereocenters. The van der Waals surface area contributed by atoms with Gasteiger partial charge in [0.1, 0.15) is 51.3 Å². The fraction of sp³-hybridized carbons (Fsp3) is 0.204. The lowest BCUT2D eigenvalue weighted by molar-refractivity contribution is 0.0526. The van der Waals surface area contributed by atoms with Crippen molar-refractivity contribution < 1.29 is 41.5 Å². The predicted octanol–water partition coefficient (Wildman–Crippen LogP) is 9.28. The van der Waals surface area contributed by atoms with Gasteiger partial charge in [-0.1, -0.05) is 17.7 Å². The van der Waals surface area contributed by atoms with E-state index in [-0.39, 0.29) is 38.8 Å². The van der Waals surface area contributed by atoms with E-state index in [1.807, 2.05) is 26.0 Å². The maximum absolute atomic E-state index is 14.2. The van der Waals surface area contributed by atoms with Gasteiger partial charge in [-0.15, -0.1) is 0 Å². The van der Waals surface area contributed by atoms with E-state index in [0.29, 0.717) is 61.4 Å². The molecule has 0 radical (unpaired) electrons. The molecule has 0 saturated carbocycles. The Kier molecular flexibility index (Phi) is 13.7. The zero-order chi connectivity index (χ0) is 48.4. The van der Waals surface area contributed by atoms with Gasteiger partial charge in [-0.2, -0.15) is 5.10 Å². The number of rotatable bonds is 11. The van der Waals surface area contributed by atoms with E-state index in [9.17, 15) is 28.0 Å². The van der Waals surface area contributed by atoms with Crippen LogP contribution in [0.5, 0.6) is 11.5 Å². The summed E-state index contributed by atoms with van der Waals surface area (Å²) in [5.41, 5.74) is 11.9. The quantitative estimate of drug-likeness (QED) is 0.0920. The highest BCUT2D eigenvalue weighted by molar-refractivity contribution is 6.29. The van der Waals surface area contributed by atoms with Crippen LogP contribution in [-0.4, -0.2) is 38.7 Å². The Balaban J connectivity index is 0.000000199. The van der Waals surface area contributed by atoms with Gasteiger partial charge in [0.2, 0.25) is 0 Å². The van der Waals surface area contributed by atoms with Gasteiger partial charge < -0.3 is 24.0 Å². The van der Waals surface area contributed by atoms with Crippen molar-refractivity contribution in [2.24, 2.45) is 12.8 Å². The summed E-state index contributed by atoms with van der Waals surface area (Å²) in [5.74, 6) is -3.64. The molecule has 2 unspecified atom stereocenters. The number of halogens is 3. The predicted molar refractivity (Wildman–Crippen MR) is 246 cm³/mol. The monoisotopic (exact) mass is 932 g/mol. The van der Waals surface area contributed by atoms with E-state index in [0.717, 1.165) is 23.3 Å². The molecule has 5 aromatic heterocycles. The second-order valence-electron chi connectivity index (χ2n) is 15.6. The first-order chi connectivity index (χ1) is 31.9. The Morgan fingerprint density at radius 2 is 1.40 bits per heavy atom. The second kappa shape index (κ2) is 19.4. The third-order valence-corrected chi connectivity index (χ3v) is 10.9. The average Bonchev–Trinajstić information content (AvgIpc) is 3.73. The number of nitrogens with one attached hydrogen (secondary N) is 1. The number of hydroxylamine groups is 1. The minimum absolute atomic E-state index is 0.0374. The third-order valence-electron chi connectivity index (χ3n) is 10.7. The smallest absolute Gasteiger partial charge is 0.297 e. The van der Waals surface area contributed by atoms with E-state index in [4.69, 9.17) is 40.5 Å². The van der Waals surface area contributed by atoms with Crippen LogP contribution in [-0.2, 0) is 11.9 Å². The molecule has 0 aliphatic carbocycles. The number of carbonyl (C=O) groups excluding carboxylic acids is 2. The molecule has 67 heavy (non-hydrogen) atoms. The van der Waals surface area contributed by atoms with Crippen LogP contribution >= 0.6 is 11.6 Å². The Morgan fingerprint density at radius 3 is 1.96 bits per heavy atom. The van der Waals surface area contributed by atoms with Crippen molar-refractivity contribution in [3.63, 3.8) is 0 Å². The van der Waals surface area contributed by atoms with Crippen molar-refractivity contribution in [2.75, 3.05) is 7.11 Å². The number of nitrogens with zero attached hydrogens (tertiary/aromatic N) is 4. The Morgan fingerprint density at radius 1 is 0.821 bits per heavy atom. The van der Waals surface area contributed by atoms with Crippen molar-refractivity contribution in [3.8, 4) is 34.3 Å². The molecule has 0 aliphatic rings. The molecule has 0 spiro atoms. The Hall–Kier alpha value is -7.76. The van der Waals surface area contributed by atoms with E-state index in [1.165, 1.54) is 13.2 Å². The standard InChI is InChI=1S/C25H22ClN3O5.C24H21F2N3O4/c1-13-11-16(15(3)33-19-8-9-20(26)28-21(19)25(31)29-32-4)24-17(12-13)22(30)14(2)23(34-24)18-7-5-6-10-27-18;1-11-7-15(13(3)32-18-6-5-17(25)20(26)19(18)24(27)31)23-16(8-11)21(30)12(2)22(33-23)14-9-28-29(4)10-14/h5-12,15H,1-4H3,(H,29,31);5-10,13H,1-4H3,(H2,27,31). The van der Waals surface area contributed by atoms with Crippen molar-refractivity contribution >= 4 is 45.4 Å². The van der Waals surface area contributed by atoms with Crippen LogP contribution in [0.3, 0.4) is 0 Å². The lowest BCUT2D eigenvalue weighted by Crippen LogP contribution is -2.24. The molecule has 3 aromatic carbocycles. The van der Waals surface area contributed by atoms with E-state index >= 15 is 0 Å². The number of hydrogen-bond acceptors (Lipinski definition) is 12. The third kappa shape index (κ3) is 9.64. The van der Waals surface area contributed by atoms with Crippen LogP contribution in [0.4, 0.5) is 8.78 Å². The normalized spacial score (nSPS) is 12.0. The molecule has 8 aromatic rings. The Bertz CT molecular complexity index is 3360. The van der Waals surface area contributed by atoms with Gasteiger partial charge in [-0.3, -0.25) is 33.7 Å². The molecule has 0 bridgehead atoms. The van der Waals surface area contributed by atoms with Crippen LogP contribution in [0.2, 0.25) is 5.15 Å². The largest absolute Gasteiger partial charge is 0.485 e. The number of primary amides is 1. The SMILES string of the molecule is CONC(=O)c1nc(Cl)ccc1OC(C)c1cc(C)cc2c(=O)c(C)c(-c3ccccn3)oc12.Cc1cc(C(C)Oc2ccc(F)c(F)c2C(N)=O)c2oc(-c3cnn(C)c3)c(C)c(=O)c2c1. The number of fused-ring (bicyclic) bond motifs is 2. The minimum atomic E-state index is -1.39. The topological polar surface area (TPSA) is 204 Å². The van der Waals surface area contributed by atoms with Crippen LogP contribution in [0, 0.1) is 39.3 Å². The number of ether oxygens (including phenoxy) is 2. The molecule has 5 heterocycles. The molecule has 0 fully saturated rings. The maximum Gasteiger partial charge on any atom is 0.297 e. The Labute approximate surface area is 386 Å². The van der Waals surface area contributed by atoms with Crippen LogP contribution in [0.15, 0.2) is 104 Å². The molecule has 0 aliphatic heterocycles. The van der Waals surface area contributed by atoms with Gasteiger partial charge in [0.05, 0.1) is 29.6 Å². The first-order valence-corrected chi connectivity index (χ1v) is 20.9. The second-order valence-corrected chi connectivity index (χ2v) is 16.0. The lowest BCUT2D eigenvalue weighted by atomic mass is 10.0. The van der Waals surface area contributed by atoms with E-state index in [1.54, 1.807) is 94.4 Å². The van der Waals surface area contributed by atoms with Crippen LogP contribution in [0.1, 0.15) is 80.3 Å². The van der Waals surface area contributed by atoms with Gasteiger partial charge in [-0.25, -0.2) is 19.2 Å². The first-order valence-electron chi connectivity index (χ1n) is 20.6. The molecular weight excluding hydrogens is 890 g/mol. The lowest BCUT2D eigenvalue weighted by Gasteiger charge is -2.19. The van der Waals surface area contributed by atoms with Crippen molar-refractivity contribution in [2.45, 2.75) is 53.8 Å². The zero-order valence-electron chi connectivity index (χ0n) is 37.4. The summed E-state index contributed by atoms with van der Waals surface area (Å²) in [6, 6.07) is 17.6. The number of amides is 2. The zero-order valence-corrected chi connectivity index (χ0v) is 38.2. The van der Waals surface area contributed by atoms with E-state index in [2.05, 4.69) is 20.5 Å². The van der Waals surface area contributed by atoms with Gasteiger partial charge >= 0.3 is 0 Å². The van der Waals surface area contributed by atoms with Gasteiger partial charge in [-0.05, 0) is 113 Å². The summed E-state index contributed by atoms with van der Waals surface area (Å²) in [7, 11) is 3.06. The van der Waals surface area contributed by atoms with E-state index < -0.39 is 41.2 Å². The number of hydrogen-bond donors (Lipinski definition) is 2. The van der Waals surface area contributed by atoms with Crippen LogP contribution < -0.4 is 31.5 Å². The molecule has 2 amide bonds. The molecule has 15 nitrogen and oxygen atoms in total. The summed E-state index contributed by atoms with van der Waals surface area (Å²) < 4.78 is 53.8. The number of aryl methyl sites for hydroxylation is 3. The maximum atomic E-state index is 14.2. The van der Waals surface area contributed by atoms with Gasteiger partial charge in [0.15, 0.2) is 39.7 Å². The number of pyridine rings is 2. The highest BCUT2D eigenvalue weighted by atomic mass is 35.5. The van der Waals surface area contributed by atoms with Crippen LogP contribution in [0.25, 0.3) is 44.7 Å². The summed E-state index contributed by atoms with van der Waals surface area (Å²) in [5, 5.41) is 5.05. The number of nitrogens with two attached hydrogens (primary N) is 1. The minimum Gasteiger partial charge on any atom is -0.485 e. The van der Waals surface area contributed by atoms with Gasteiger partial charge in [0.25, 0.3) is 11.8 Å². The summed E-state index contributed by atoms with van der Waals surface area (Å²) in [4.78, 5) is 63.6. The fourth-order valence-electron chi connectivity index (χ4n) is 7.48. The highest BCUT2D eigenvalue weighted by Gasteiger charge is 2.26. The van der Waals surface area contributed by atoms with Gasteiger partial charge in [0, 0.05) is 41.7 Å². The summed E-state index contributed by atoms with van der Waals surface area (Å²) in [6.45, 7) is 10.5. The molecular formula is C49H43ClF2N6O9. The molecule has 3 N–H and O–H groups in total. The number of aromatic nitrogens is 4.